The van der Waals surface area contributed by atoms with Crippen LogP contribution in [0.5, 0.6) is 0 Å². The van der Waals surface area contributed by atoms with Crippen LogP contribution in [0.15, 0.2) is 0 Å². The molecular formula is C8H15NO3. The molecule has 0 radical (unpaired) electrons. The summed E-state index contributed by atoms with van der Waals surface area (Å²) in [5.74, 6) is -0.294. The monoisotopic (exact) mass is 173 g/mol. The summed E-state index contributed by atoms with van der Waals surface area (Å²) in [6.07, 6.45) is 2.75. The van der Waals surface area contributed by atoms with Crippen molar-refractivity contribution in [3.05, 3.63) is 0 Å². The second kappa shape index (κ2) is 3.87. The second-order valence-electron chi connectivity index (χ2n) is 3.26. The minimum Gasteiger partial charge on any atom is -0.468 e. The first-order chi connectivity index (χ1) is 5.66. The Labute approximate surface area is 71.9 Å². The Morgan fingerprint density at radius 3 is 2.75 bits per heavy atom. The summed E-state index contributed by atoms with van der Waals surface area (Å²) in [4.78, 5) is 10.6. The summed E-state index contributed by atoms with van der Waals surface area (Å²) in [5, 5.41) is 12.4. The fourth-order valence-electron chi connectivity index (χ4n) is 1.23. The molecule has 12 heavy (non-hydrogen) atoms. The quantitative estimate of drug-likeness (QED) is 0.571. The van der Waals surface area contributed by atoms with Crippen molar-refractivity contribution in [1.29, 1.82) is 0 Å². The predicted octanol–water partition coefficient (Wildman–Crippen LogP) is -0.336. The van der Waals surface area contributed by atoms with Gasteiger partial charge in [0.05, 0.1) is 19.3 Å². The van der Waals surface area contributed by atoms with Crippen molar-refractivity contribution in [3.8, 4) is 0 Å². The van der Waals surface area contributed by atoms with Gasteiger partial charge in [-0.05, 0) is 19.3 Å². The number of rotatable bonds is 4. The number of esters is 1. The van der Waals surface area contributed by atoms with Gasteiger partial charge in [0, 0.05) is 6.54 Å². The summed E-state index contributed by atoms with van der Waals surface area (Å²) in [6.45, 7) is 0.668. The Bertz CT molecular complexity index is 166. The summed E-state index contributed by atoms with van der Waals surface area (Å²) < 4.78 is 4.43. The van der Waals surface area contributed by atoms with Crippen LogP contribution in [0, 0.1) is 0 Å². The summed E-state index contributed by atoms with van der Waals surface area (Å²) >= 11 is 0. The van der Waals surface area contributed by atoms with Gasteiger partial charge >= 0.3 is 5.97 Å². The standard InChI is InChI=1S/C8H15NO3/c1-12-7(10)5-9-6-8(11)3-2-4-8/h9,11H,2-6H2,1H3. The minimum absolute atomic E-state index is 0.179. The second-order valence-corrected chi connectivity index (χ2v) is 3.26. The molecule has 0 unspecified atom stereocenters. The van der Waals surface area contributed by atoms with Crippen molar-refractivity contribution in [1.82, 2.24) is 5.32 Å². The Kier molecular flexibility index (Phi) is 3.05. The minimum atomic E-state index is -0.561. The smallest absolute Gasteiger partial charge is 0.319 e. The summed E-state index contributed by atoms with van der Waals surface area (Å²) in [7, 11) is 1.35. The molecule has 1 aliphatic carbocycles. The first kappa shape index (κ1) is 9.48. The van der Waals surface area contributed by atoms with Crippen LogP contribution < -0.4 is 5.32 Å². The molecule has 0 heterocycles. The third kappa shape index (κ3) is 2.46. The van der Waals surface area contributed by atoms with Gasteiger partial charge in [0.15, 0.2) is 0 Å². The van der Waals surface area contributed by atoms with Crippen molar-refractivity contribution >= 4 is 5.97 Å². The van der Waals surface area contributed by atoms with Crippen molar-refractivity contribution < 1.29 is 14.6 Å². The first-order valence-corrected chi connectivity index (χ1v) is 4.16. The molecule has 0 bridgehead atoms. The number of ether oxygens (including phenoxy) is 1. The van der Waals surface area contributed by atoms with Crippen LogP contribution in [-0.4, -0.2) is 36.9 Å². The highest BCUT2D eigenvalue weighted by molar-refractivity contribution is 5.71. The molecule has 0 aromatic carbocycles. The van der Waals surface area contributed by atoms with Gasteiger partial charge in [-0.25, -0.2) is 0 Å². The van der Waals surface area contributed by atoms with E-state index in [1.807, 2.05) is 0 Å². The van der Waals surface area contributed by atoms with E-state index >= 15 is 0 Å². The van der Waals surface area contributed by atoms with Crippen LogP contribution in [0.25, 0.3) is 0 Å². The number of hydrogen-bond donors (Lipinski definition) is 2. The molecule has 70 valence electrons. The molecule has 0 aromatic heterocycles. The van der Waals surface area contributed by atoms with E-state index in [4.69, 9.17) is 0 Å². The topological polar surface area (TPSA) is 58.6 Å². The van der Waals surface area contributed by atoms with Crippen LogP contribution in [-0.2, 0) is 9.53 Å². The molecule has 1 rings (SSSR count). The maximum absolute atomic E-state index is 10.6. The summed E-state index contributed by atoms with van der Waals surface area (Å²) in [5.41, 5.74) is -0.561. The number of nitrogens with one attached hydrogen (secondary N) is 1. The van der Waals surface area contributed by atoms with E-state index in [-0.39, 0.29) is 12.5 Å². The Morgan fingerprint density at radius 1 is 1.67 bits per heavy atom. The lowest BCUT2D eigenvalue weighted by Crippen LogP contribution is -2.47. The fourth-order valence-corrected chi connectivity index (χ4v) is 1.23. The van der Waals surface area contributed by atoms with E-state index in [1.165, 1.54) is 7.11 Å². The van der Waals surface area contributed by atoms with E-state index in [1.54, 1.807) is 0 Å². The van der Waals surface area contributed by atoms with Crippen LogP contribution >= 0.6 is 0 Å². The number of hydrogen-bond acceptors (Lipinski definition) is 4. The molecule has 0 aromatic rings. The predicted molar refractivity (Wildman–Crippen MR) is 43.7 cm³/mol. The average Bonchev–Trinajstić information content (AvgIpc) is 2.01. The Morgan fingerprint density at radius 2 is 2.33 bits per heavy atom. The molecule has 0 saturated heterocycles. The third-order valence-electron chi connectivity index (χ3n) is 2.24. The van der Waals surface area contributed by atoms with Crippen LogP contribution in [0.3, 0.4) is 0 Å². The summed E-state index contributed by atoms with van der Waals surface area (Å²) in [6, 6.07) is 0. The van der Waals surface area contributed by atoms with E-state index < -0.39 is 5.60 Å². The molecular weight excluding hydrogens is 158 g/mol. The molecule has 0 aliphatic heterocycles. The van der Waals surface area contributed by atoms with Crippen LogP contribution in [0.2, 0.25) is 0 Å². The lowest BCUT2D eigenvalue weighted by Gasteiger charge is -2.36. The van der Waals surface area contributed by atoms with Gasteiger partial charge in [0.1, 0.15) is 0 Å². The van der Waals surface area contributed by atoms with E-state index in [0.29, 0.717) is 6.54 Å². The van der Waals surface area contributed by atoms with Gasteiger partial charge in [-0.3, -0.25) is 4.79 Å². The average molecular weight is 173 g/mol. The van der Waals surface area contributed by atoms with Gasteiger partial charge in [-0.15, -0.1) is 0 Å². The molecule has 1 fully saturated rings. The maximum Gasteiger partial charge on any atom is 0.319 e. The molecule has 0 amide bonds. The zero-order chi connectivity index (χ0) is 9.03. The van der Waals surface area contributed by atoms with Crippen molar-refractivity contribution in [2.75, 3.05) is 20.2 Å². The lowest BCUT2D eigenvalue weighted by molar-refractivity contribution is -0.139. The Balaban J connectivity index is 2.05. The molecule has 1 aliphatic rings. The largest absolute Gasteiger partial charge is 0.468 e. The Hall–Kier alpha value is -0.610. The van der Waals surface area contributed by atoms with Gasteiger partial charge < -0.3 is 15.2 Å². The molecule has 0 atom stereocenters. The third-order valence-corrected chi connectivity index (χ3v) is 2.24. The van der Waals surface area contributed by atoms with E-state index in [0.717, 1.165) is 19.3 Å². The molecule has 0 spiro atoms. The fraction of sp³-hybridized carbons (Fsp3) is 0.875. The molecule has 2 N–H and O–H groups in total. The van der Waals surface area contributed by atoms with Crippen molar-refractivity contribution in [2.24, 2.45) is 0 Å². The van der Waals surface area contributed by atoms with Gasteiger partial charge in [-0.2, -0.15) is 0 Å². The number of methoxy groups -OCH3 is 1. The van der Waals surface area contributed by atoms with E-state index in [2.05, 4.69) is 10.1 Å². The van der Waals surface area contributed by atoms with Crippen LogP contribution in [0.1, 0.15) is 19.3 Å². The maximum atomic E-state index is 10.6. The van der Waals surface area contributed by atoms with E-state index in [9.17, 15) is 9.90 Å². The number of aliphatic hydroxyl groups is 1. The van der Waals surface area contributed by atoms with Gasteiger partial charge in [0.2, 0.25) is 0 Å². The molecule has 4 nitrogen and oxygen atoms in total. The lowest BCUT2D eigenvalue weighted by atomic mass is 9.80. The van der Waals surface area contributed by atoms with Crippen molar-refractivity contribution in [2.45, 2.75) is 24.9 Å². The highest BCUT2D eigenvalue weighted by Gasteiger charge is 2.33. The number of carbonyl (C=O) groups is 1. The van der Waals surface area contributed by atoms with Crippen molar-refractivity contribution in [3.63, 3.8) is 0 Å². The number of carbonyl (C=O) groups excluding carboxylic acids is 1. The van der Waals surface area contributed by atoms with Gasteiger partial charge in [0.25, 0.3) is 0 Å². The van der Waals surface area contributed by atoms with Crippen LogP contribution in [0.4, 0.5) is 0 Å². The van der Waals surface area contributed by atoms with Gasteiger partial charge in [-0.1, -0.05) is 0 Å². The first-order valence-electron chi connectivity index (χ1n) is 4.16. The SMILES string of the molecule is COC(=O)CNCC1(O)CCC1. The molecule has 4 heteroatoms. The normalized spacial score (nSPS) is 19.8. The zero-order valence-corrected chi connectivity index (χ0v) is 7.30. The zero-order valence-electron chi connectivity index (χ0n) is 7.30. The highest BCUT2D eigenvalue weighted by Crippen LogP contribution is 2.30. The highest BCUT2D eigenvalue weighted by atomic mass is 16.5. The molecule has 1 saturated carbocycles.